The Morgan fingerprint density at radius 1 is 1.15 bits per heavy atom. The Bertz CT molecular complexity index is 187. The lowest BCUT2D eigenvalue weighted by molar-refractivity contribution is -0.124. The smallest absolute Gasteiger partial charge is 0.223 e. The highest BCUT2D eigenvalue weighted by atomic mass is 16.1. The standard InChI is InChI=1S/C11H19NO/c13-11-10(3-1-2-8-12-11)7-6-9-4-5-9/h9-10H,1-8H2,(H,12,13). The molecular weight excluding hydrogens is 162 g/mol. The molecule has 1 aliphatic heterocycles. The molecule has 0 aromatic rings. The van der Waals surface area contributed by atoms with Crippen LogP contribution in [0.4, 0.5) is 0 Å². The van der Waals surface area contributed by atoms with E-state index in [1.165, 1.54) is 32.1 Å². The largest absolute Gasteiger partial charge is 0.356 e. The molecule has 2 aliphatic rings. The fourth-order valence-corrected chi connectivity index (χ4v) is 2.12. The summed E-state index contributed by atoms with van der Waals surface area (Å²) in [5.41, 5.74) is 0. The number of hydrogen-bond acceptors (Lipinski definition) is 1. The van der Waals surface area contributed by atoms with Crippen LogP contribution in [0, 0.1) is 11.8 Å². The third kappa shape index (κ3) is 2.71. The molecule has 1 saturated carbocycles. The first-order valence-electron chi connectivity index (χ1n) is 5.64. The van der Waals surface area contributed by atoms with E-state index in [9.17, 15) is 4.79 Å². The van der Waals surface area contributed by atoms with E-state index in [4.69, 9.17) is 0 Å². The average Bonchev–Trinajstić information content (AvgIpc) is 2.90. The lowest BCUT2D eigenvalue weighted by Gasteiger charge is -2.11. The average molecular weight is 181 g/mol. The quantitative estimate of drug-likeness (QED) is 0.709. The van der Waals surface area contributed by atoms with Gasteiger partial charge < -0.3 is 5.32 Å². The molecule has 0 radical (unpaired) electrons. The summed E-state index contributed by atoms with van der Waals surface area (Å²) < 4.78 is 0. The summed E-state index contributed by atoms with van der Waals surface area (Å²) >= 11 is 0. The number of rotatable bonds is 3. The van der Waals surface area contributed by atoms with E-state index >= 15 is 0 Å². The molecule has 2 nitrogen and oxygen atoms in total. The number of carbonyl (C=O) groups excluding carboxylic acids is 1. The third-order valence-corrected chi connectivity index (χ3v) is 3.27. The summed E-state index contributed by atoms with van der Waals surface area (Å²) in [5, 5.41) is 3.00. The maximum atomic E-state index is 11.5. The summed E-state index contributed by atoms with van der Waals surface area (Å²) in [6, 6.07) is 0. The Hall–Kier alpha value is -0.530. The van der Waals surface area contributed by atoms with Crippen molar-refractivity contribution in [1.82, 2.24) is 5.32 Å². The highest BCUT2D eigenvalue weighted by molar-refractivity contribution is 5.78. The molecule has 2 rings (SSSR count). The SMILES string of the molecule is O=C1NCCCCC1CCC1CC1. The van der Waals surface area contributed by atoms with Crippen molar-refractivity contribution < 1.29 is 4.79 Å². The predicted molar refractivity (Wildman–Crippen MR) is 52.3 cm³/mol. The van der Waals surface area contributed by atoms with Crippen molar-refractivity contribution in [2.24, 2.45) is 11.8 Å². The molecule has 13 heavy (non-hydrogen) atoms. The second-order valence-corrected chi connectivity index (χ2v) is 4.50. The van der Waals surface area contributed by atoms with E-state index in [0.717, 1.165) is 25.3 Å². The molecule has 1 N–H and O–H groups in total. The predicted octanol–water partition coefficient (Wildman–Crippen LogP) is 2.09. The Morgan fingerprint density at radius 2 is 2.00 bits per heavy atom. The topological polar surface area (TPSA) is 29.1 Å². The highest BCUT2D eigenvalue weighted by Gasteiger charge is 2.25. The van der Waals surface area contributed by atoms with Gasteiger partial charge in [-0.15, -0.1) is 0 Å². The van der Waals surface area contributed by atoms with Crippen LogP contribution in [0.3, 0.4) is 0 Å². The van der Waals surface area contributed by atoms with Gasteiger partial charge in [0, 0.05) is 12.5 Å². The van der Waals surface area contributed by atoms with Gasteiger partial charge in [-0.3, -0.25) is 4.79 Å². The fraction of sp³-hybridized carbons (Fsp3) is 0.909. The summed E-state index contributed by atoms with van der Waals surface area (Å²) in [7, 11) is 0. The molecule has 1 unspecified atom stereocenters. The number of amides is 1. The number of hydrogen-bond donors (Lipinski definition) is 1. The van der Waals surface area contributed by atoms with E-state index in [-0.39, 0.29) is 0 Å². The van der Waals surface area contributed by atoms with E-state index in [0.29, 0.717) is 11.8 Å². The number of carbonyl (C=O) groups is 1. The zero-order valence-corrected chi connectivity index (χ0v) is 8.22. The molecule has 0 spiro atoms. The second-order valence-electron chi connectivity index (χ2n) is 4.50. The van der Waals surface area contributed by atoms with Crippen LogP contribution in [0.25, 0.3) is 0 Å². The van der Waals surface area contributed by atoms with Gasteiger partial charge in [0.25, 0.3) is 0 Å². The van der Waals surface area contributed by atoms with Crippen molar-refractivity contribution in [2.75, 3.05) is 6.54 Å². The summed E-state index contributed by atoms with van der Waals surface area (Å²) in [6.45, 7) is 0.902. The highest BCUT2D eigenvalue weighted by Crippen LogP contribution is 2.35. The van der Waals surface area contributed by atoms with Crippen LogP contribution in [0.5, 0.6) is 0 Å². The van der Waals surface area contributed by atoms with Crippen LogP contribution in [-0.2, 0) is 4.79 Å². The van der Waals surface area contributed by atoms with Gasteiger partial charge in [0.2, 0.25) is 5.91 Å². The van der Waals surface area contributed by atoms with Crippen LogP contribution in [-0.4, -0.2) is 12.5 Å². The Labute approximate surface area is 80.1 Å². The second kappa shape index (κ2) is 4.12. The van der Waals surface area contributed by atoms with Gasteiger partial charge in [-0.05, 0) is 31.6 Å². The van der Waals surface area contributed by atoms with Crippen LogP contribution < -0.4 is 5.32 Å². The van der Waals surface area contributed by atoms with E-state index < -0.39 is 0 Å². The van der Waals surface area contributed by atoms with Crippen molar-refractivity contribution in [3.63, 3.8) is 0 Å². The molecule has 1 aliphatic carbocycles. The number of nitrogens with one attached hydrogen (secondary N) is 1. The van der Waals surface area contributed by atoms with Gasteiger partial charge in [0.15, 0.2) is 0 Å². The Kier molecular flexibility index (Phi) is 2.87. The van der Waals surface area contributed by atoms with Gasteiger partial charge in [-0.2, -0.15) is 0 Å². The summed E-state index contributed by atoms with van der Waals surface area (Å²) in [6.07, 6.45) is 8.77. The lowest BCUT2D eigenvalue weighted by atomic mass is 9.96. The molecule has 0 bridgehead atoms. The fourth-order valence-electron chi connectivity index (χ4n) is 2.12. The van der Waals surface area contributed by atoms with Gasteiger partial charge in [-0.25, -0.2) is 0 Å². The van der Waals surface area contributed by atoms with Gasteiger partial charge in [0.05, 0.1) is 0 Å². The molecule has 2 fully saturated rings. The summed E-state index contributed by atoms with van der Waals surface area (Å²) in [5.74, 6) is 1.62. The molecule has 2 heteroatoms. The Morgan fingerprint density at radius 3 is 2.77 bits per heavy atom. The maximum Gasteiger partial charge on any atom is 0.223 e. The normalized spacial score (nSPS) is 29.5. The van der Waals surface area contributed by atoms with Crippen LogP contribution >= 0.6 is 0 Å². The monoisotopic (exact) mass is 181 g/mol. The third-order valence-electron chi connectivity index (χ3n) is 3.27. The maximum absolute atomic E-state index is 11.5. The minimum absolute atomic E-state index is 0.318. The molecule has 1 amide bonds. The molecular formula is C11H19NO. The molecule has 0 aromatic heterocycles. The zero-order valence-electron chi connectivity index (χ0n) is 8.22. The lowest BCUT2D eigenvalue weighted by Crippen LogP contribution is -2.28. The summed E-state index contributed by atoms with van der Waals surface area (Å²) in [4.78, 5) is 11.5. The van der Waals surface area contributed by atoms with E-state index in [1.807, 2.05) is 0 Å². The van der Waals surface area contributed by atoms with Gasteiger partial charge >= 0.3 is 0 Å². The van der Waals surface area contributed by atoms with Crippen LogP contribution in [0.15, 0.2) is 0 Å². The molecule has 0 aromatic carbocycles. The van der Waals surface area contributed by atoms with Crippen molar-refractivity contribution >= 4 is 5.91 Å². The van der Waals surface area contributed by atoms with Crippen molar-refractivity contribution in [2.45, 2.75) is 44.9 Å². The van der Waals surface area contributed by atoms with Crippen molar-refractivity contribution in [3.05, 3.63) is 0 Å². The Balaban J connectivity index is 1.76. The van der Waals surface area contributed by atoms with Crippen molar-refractivity contribution in [1.29, 1.82) is 0 Å². The van der Waals surface area contributed by atoms with Crippen LogP contribution in [0.2, 0.25) is 0 Å². The zero-order chi connectivity index (χ0) is 9.10. The first-order valence-corrected chi connectivity index (χ1v) is 5.64. The first-order chi connectivity index (χ1) is 6.36. The first kappa shape index (κ1) is 9.04. The van der Waals surface area contributed by atoms with Crippen LogP contribution in [0.1, 0.15) is 44.9 Å². The molecule has 1 atom stereocenters. The van der Waals surface area contributed by atoms with Gasteiger partial charge in [0.1, 0.15) is 0 Å². The van der Waals surface area contributed by atoms with E-state index in [1.54, 1.807) is 0 Å². The molecule has 1 saturated heterocycles. The molecule has 74 valence electrons. The van der Waals surface area contributed by atoms with Crippen molar-refractivity contribution in [3.8, 4) is 0 Å². The van der Waals surface area contributed by atoms with E-state index in [2.05, 4.69) is 5.32 Å². The minimum atomic E-state index is 0.318. The van der Waals surface area contributed by atoms with Gasteiger partial charge in [-0.1, -0.05) is 19.3 Å². The minimum Gasteiger partial charge on any atom is -0.356 e. The molecule has 1 heterocycles.